The number of carbonyl (C=O) groups excluding carboxylic acids is 1. The Bertz CT molecular complexity index is 547. The molecule has 0 saturated heterocycles. The van der Waals surface area contributed by atoms with Gasteiger partial charge in [-0.1, -0.05) is 17.7 Å². The Morgan fingerprint density at radius 2 is 2.33 bits per heavy atom. The zero-order valence-electron chi connectivity index (χ0n) is 9.11. The number of benzene rings is 1. The fourth-order valence-electron chi connectivity index (χ4n) is 1.26. The summed E-state index contributed by atoms with van der Waals surface area (Å²) in [6.07, 6.45) is 1.70. The van der Waals surface area contributed by atoms with Gasteiger partial charge < -0.3 is 10.6 Å². The maximum Gasteiger partial charge on any atom is 0.319 e. The van der Waals surface area contributed by atoms with E-state index in [0.717, 1.165) is 5.01 Å². The van der Waals surface area contributed by atoms with Gasteiger partial charge in [-0.3, -0.25) is 0 Å². The van der Waals surface area contributed by atoms with Gasteiger partial charge in [0.25, 0.3) is 0 Å². The van der Waals surface area contributed by atoms with Gasteiger partial charge in [-0.2, -0.15) is 0 Å². The van der Waals surface area contributed by atoms with Crippen molar-refractivity contribution in [1.82, 2.24) is 10.3 Å². The summed E-state index contributed by atoms with van der Waals surface area (Å²) in [5.74, 6) is 0. The number of rotatable bonds is 3. The van der Waals surface area contributed by atoms with Crippen LogP contribution >= 0.6 is 38.9 Å². The normalized spacial score (nSPS) is 10.1. The van der Waals surface area contributed by atoms with Crippen molar-refractivity contribution in [3.8, 4) is 0 Å². The molecule has 1 heterocycles. The van der Waals surface area contributed by atoms with Gasteiger partial charge >= 0.3 is 6.03 Å². The summed E-state index contributed by atoms with van der Waals surface area (Å²) in [6, 6.07) is 4.97. The number of thiazole rings is 1. The molecule has 7 heteroatoms. The summed E-state index contributed by atoms with van der Waals surface area (Å²) in [5.41, 5.74) is 0.624. The molecule has 0 unspecified atom stereocenters. The van der Waals surface area contributed by atoms with E-state index in [9.17, 15) is 4.79 Å². The van der Waals surface area contributed by atoms with Gasteiger partial charge in [-0.15, -0.1) is 11.3 Å². The van der Waals surface area contributed by atoms with Crippen LogP contribution < -0.4 is 10.6 Å². The van der Waals surface area contributed by atoms with Gasteiger partial charge in [0.1, 0.15) is 5.01 Å². The van der Waals surface area contributed by atoms with Gasteiger partial charge in [0, 0.05) is 11.6 Å². The fourth-order valence-corrected chi connectivity index (χ4v) is 2.36. The minimum atomic E-state index is -0.298. The molecule has 0 aliphatic rings. The molecular weight excluding hydrogens is 338 g/mol. The topological polar surface area (TPSA) is 54.0 Å². The van der Waals surface area contributed by atoms with Gasteiger partial charge in [0.15, 0.2) is 0 Å². The Balaban J connectivity index is 1.93. The molecule has 1 aromatic heterocycles. The number of amides is 2. The Kier molecular flexibility index (Phi) is 4.57. The summed E-state index contributed by atoms with van der Waals surface area (Å²) in [4.78, 5) is 15.7. The third kappa shape index (κ3) is 3.44. The Morgan fingerprint density at radius 1 is 1.50 bits per heavy atom. The van der Waals surface area contributed by atoms with Crippen LogP contribution in [0, 0.1) is 0 Å². The number of urea groups is 1. The first-order chi connectivity index (χ1) is 8.66. The van der Waals surface area contributed by atoms with Gasteiger partial charge in [0.05, 0.1) is 21.7 Å². The molecule has 2 N–H and O–H groups in total. The molecule has 0 bridgehead atoms. The van der Waals surface area contributed by atoms with Crippen LogP contribution in [0.4, 0.5) is 10.5 Å². The molecule has 0 aliphatic heterocycles. The highest BCUT2D eigenvalue weighted by molar-refractivity contribution is 9.10. The standard InChI is InChI=1S/C11H9BrClN3OS/c12-10-7(13)2-1-3-8(10)16-11(17)15-6-9-14-4-5-18-9/h1-5H,6H2,(H2,15,16,17). The SMILES string of the molecule is O=C(NCc1nccs1)Nc1cccc(Cl)c1Br. The number of nitrogens with one attached hydrogen (secondary N) is 2. The zero-order valence-corrected chi connectivity index (χ0v) is 12.3. The molecule has 2 amide bonds. The predicted molar refractivity (Wildman–Crippen MR) is 77.1 cm³/mol. The molecular formula is C11H9BrClN3OS. The highest BCUT2D eigenvalue weighted by Crippen LogP contribution is 2.29. The molecule has 94 valence electrons. The molecule has 18 heavy (non-hydrogen) atoms. The lowest BCUT2D eigenvalue weighted by Gasteiger charge is -2.08. The van der Waals surface area contributed by atoms with E-state index in [0.29, 0.717) is 21.7 Å². The van der Waals surface area contributed by atoms with Crippen molar-refractivity contribution in [3.05, 3.63) is 44.3 Å². The van der Waals surface area contributed by atoms with E-state index < -0.39 is 0 Å². The second kappa shape index (κ2) is 6.17. The lowest BCUT2D eigenvalue weighted by atomic mass is 10.3. The van der Waals surface area contributed by atoms with Crippen LogP contribution in [0.1, 0.15) is 5.01 Å². The first-order valence-electron chi connectivity index (χ1n) is 5.04. The number of halogens is 2. The summed E-state index contributed by atoms with van der Waals surface area (Å²) < 4.78 is 0.663. The van der Waals surface area contributed by atoms with Crippen molar-refractivity contribution in [1.29, 1.82) is 0 Å². The minimum absolute atomic E-state index is 0.298. The molecule has 4 nitrogen and oxygen atoms in total. The molecule has 0 aliphatic carbocycles. The van der Waals surface area contributed by atoms with Crippen LogP contribution in [0.3, 0.4) is 0 Å². The quantitative estimate of drug-likeness (QED) is 0.886. The van der Waals surface area contributed by atoms with Crippen molar-refractivity contribution in [2.75, 3.05) is 5.32 Å². The number of hydrogen-bond donors (Lipinski definition) is 2. The zero-order chi connectivity index (χ0) is 13.0. The lowest BCUT2D eigenvalue weighted by Crippen LogP contribution is -2.28. The van der Waals surface area contributed by atoms with Crippen molar-refractivity contribution >= 4 is 50.6 Å². The number of hydrogen-bond acceptors (Lipinski definition) is 3. The average Bonchev–Trinajstić information content (AvgIpc) is 2.86. The monoisotopic (exact) mass is 345 g/mol. The van der Waals surface area contributed by atoms with Crippen molar-refractivity contribution in [2.45, 2.75) is 6.54 Å². The van der Waals surface area contributed by atoms with E-state index in [1.54, 1.807) is 24.4 Å². The third-order valence-electron chi connectivity index (χ3n) is 2.08. The van der Waals surface area contributed by atoms with Crippen molar-refractivity contribution < 1.29 is 4.79 Å². The first-order valence-corrected chi connectivity index (χ1v) is 7.09. The predicted octanol–water partition coefficient (Wildman–Crippen LogP) is 3.88. The largest absolute Gasteiger partial charge is 0.331 e. The maximum atomic E-state index is 11.7. The van der Waals surface area contributed by atoms with Crippen LogP contribution in [-0.4, -0.2) is 11.0 Å². The Morgan fingerprint density at radius 3 is 3.06 bits per heavy atom. The Hall–Kier alpha value is -1.11. The molecule has 1 aromatic carbocycles. The van der Waals surface area contributed by atoms with E-state index in [2.05, 4.69) is 31.5 Å². The maximum absolute atomic E-state index is 11.7. The van der Waals surface area contributed by atoms with Crippen LogP contribution in [-0.2, 0) is 6.54 Å². The molecule has 0 radical (unpaired) electrons. The van der Waals surface area contributed by atoms with Gasteiger partial charge in [0.2, 0.25) is 0 Å². The smallest absolute Gasteiger partial charge is 0.319 e. The summed E-state index contributed by atoms with van der Waals surface area (Å²) in [7, 11) is 0. The summed E-state index contributed by atoms with van der Waals surface area (Å²) in [5, 5.41) is 8.69. The summed E-state index contributed by atoms with van der Waals surface area (Å²) >= 11 is 10.7. The highest BCUT2D eigenvalue weighted by Gasteiger charge is 2.07. The highest BCUT2D eigenvalue weighted by atomic mass is 79.9. The number of aromatic nitrogens is 1. The summed E-state index contributed by atoms with van der Waals surface area (Å²) in [6.45, 7) is 0.404. The molecule has 0 saturated carbocycles. The molecule has 0 fully saturated rings. The molecule has 0 spiro atoms. The van der Waals surface area contributed by atoms with Crippen LogP contribution in [0.25, 0.3) is 0 Å². The molecule has 2 aromatic rings. The number of carbonyl (C=O) groups is 1. The minimum Gasteiger partial charge on any atom is -0.331 e. The van der Waals surface area contributed by atoms with E-state index in [-0.39, 0.29) is 6.03 Å². The van der Waals surface area contributed by atoms with Crippen LogP contribution in [0.15, 0.2) is 34.2 Å². The van der Waals surface area contributed by atoms with E-state index in [1.807, 2.05) is 5.38 Å². The third-order valence-corrected chi connectivity index (χ3v) is 4.26. The van der Waals surface area contributed by atoms with Crippen molar-refractivity contribution in [2.24, 2.45) is 0 Å². The molecule has 0 atom stereocenters. The van der Waals surface area contributed by atoms with E-state index in [4.69, 9.17) is 11.6 Å². The molecule has 2 rings (SSSR count). The second-order valence-corrected chi connectivity index (χ2v) is 5.51. The number of anilines is 1. The van der Waals surface area contributed by atoms with Crippen LogP contribution in [0.5, 0.6) is 0 Å². The van der Waals surface area contributed by atoms with Gasteiger partial charge in [-0.05, 0) is 28.1 Å². The van der Waals surface area contributed by atoms with Gasteiger partial charge in [-0.25, -0.2) is 9.78 Å². The first kappa shape index (κ1) is 13.3. The van der Waals surface area contributed by atoms with Crippen LogP contribution in [0.2, 0.25) is 5.02 Å². The van der Waals surface area contributed by atoms with E-state index in [1.165, 1.54) is 11.3 Å². The number of nitrogens with zero attached hydrogens (tertiary/aromatic N) is 1. The second-order valence-electron chi connectivity index (χ2n) is 3.33. The Labute approximate surface area is 122 Å². The van der Waals surface area contributed by atoms with E-state index >= 15 is 0 Å². The average molecular weight is 347 g/mol. The lowest BCUT2D eigenvalue weighted by molar-refractivity contribution is 0.251. The fraction of sp³-hybridized carbons (Fsp3) is 0.0909. The van der Waals surface area contributed by atoms with Crippen molar-refractivity contribution in [3.63, 3.8) is 0 Å².